The first-order chi connectivity index (χ1) is 9.02. The molecule has 1 saturated carbocycles. The molecule has 4 heteroatoms. The Morgan fingerprint density at radius 3 is 2.63 bits per heavy atom. The maximum Gasteiger partial charge on any atom is 0.0897 e. The van der Waals surface area contributed by atoms with Gasteiger partial charge in [0.1, 0.15) is 0 Å². The van der Waals surface area contributed by atoms with Crippen LogP contribution in [0.5, 0.6) is 0 Å². The van der Waals surface area contributed by atoms with E-state index in [1.807, 2.05) is 0 Å². The second kappa shape index (κ2) is 8.90. The zero-order valence-corrected chi connectivity index (χ0v) is 12.9. The Balaban J connectivity index is 2.12. The Labute approximate surface area is 117 Å². The zero-order chi connectivity index (χ0) is 14.3. The lowest BCUT2D eigenvalue weighted by molar-refractivity contribution is -0.0113. The van der Waals surface area contributed by atoms with Gasteiger partial charge < -0.3 is 19.9 Å². The van der Waals surface area contributed by atoms with Crippen LogP contribution in [0.4, 0.5) is 0 Å². The third-order valence-corrected chi connectivity index (χ3v) is 3.75. The average Bonchev–Trinajstić information content (AvgIpc) is 2.80. The normalized spacial score (nSPS) is 26.8. The minimum Gasteiger partial charge on any atom is -0.389 e. The molecular formula is C15H31NO3. The van der Waals surface area contributed by atoms with Gasteiger partial charge in [-0.15, -0.1) is 0 Å². The SMILES string of the molecule is COC1CCCC1NCC(O)COC(C)CC(C)C. The van der Waals surface area contributed by atoms with Gasteiger partial charge in [0.05, 0.1) is 24.9 Å². The number of hydrogen-bond donors (Lipinski definition) is 2. The summed E-state index contributed by atoms with van der Waals surface area (Å²) in [6, 6.07) is 0.382. The number of rotatable bonds is 9. The van der Waals surface area contributed by atoms with E-state index in [2.05, 4.69) is 26.1 Å². The van der Waals surface area contributed by atoms with Crippen LogP contribution in [-0.2, 0) is 9.47 Å². The van der Waals surface area contributed by atoms with Crippen molar-refractivity contribution in [2.24, 2.45) is 5.92 Å². The minimum absolute atomic E-state index is 0.216. The fourth-order valence-electron chi connectivity index (χ4n) is 2.80. The highest BCUT2D eigenvalue weighted by atomic mass is 16.5. The lowest BCUT2D eigenvalue weighted by Gasteiger charge is -2.22. The van der Waals surface area contributed by atoms with E-state index in [0.717, 1.165) is 19.3 Å². The third-order valence-electron chi connectivity index (χ3n) is 3.75. The maximum absolute atomic E-state index is 9.92. The summed E-state index contributed by atoms with van der Waals surface area (Å²) in [7, 11) is 1.76. The smallest absolute Gasteiger partial charge is 0.0897 e. The van der Waals surface area contributed by atoms with Crippen LogP contribution in [0.25, 0.3) is 0 Å². The van der Waals surface area contributed by atoms with Gasteiger partial charge in [-0.1, -0.05) is 13.8 Å². The van der Waals surface area contributed by atoms with Crippen molar-refractivity contribution in [1.82, 2.24) is 5.32 Å². The predicted molar refractivity (Wildman–Crippen MR) is 77.3 cm³/mol. The molecule has 0 aromatic heterocycles. The second-order valence-electron chi connectivity index (χ2n) is 6.15. The number of aliphatic hydroxyl groups excluding tert-OH is 1. The Bertz CT molecular complexity index is 235. The van der Waals surface area contributed by atoms with E-state index in [-0.39, 0.29) is 6.10 Å². The summed E-state index contributed by atoms with van der Waals surface area (Å²) in [5, 5.41) is 13.3. The van der Waals surface area contributed by atoms with Gasteiger partial charge in [-0.2, -0.15) is 0 Å². The van der Waals surface area contributed by atoms with Gasteiger partial charge >= 0.3 is 0 Å². The summed E-state index contributed by atoms with van der Waals surface area (Å²) in [5.41, 5.74) is 0. The molecule has 19 heavy (non-hydrogen) atoms. The molecule has 4 unspecified atom stereocenters. The van der Waals surface area contributed by atoms with Crippen molar-refractivity contribution < 1.29 is 14.6 Å². The molecule has 0 heterocycles. The quantitative estimate of drug-likeness (QED) is 0.674. The minimum atomic E-state index is -0.437. The lowest BCUT2D eigenvalue weighted by Crippen LogP contribution is -2.42. The third kappa shape index (κ3) is 6.70. The Morgan fingerprint density at radius 1 is 1.26 bits per heavy atom. The van der Waals surface area contributed by atoms with E-state index in [1.54, 1.807) is 7.11 Å². The number of aliphatic hydroxyl groups is 1. The molecule has 1 rings (SSSR count). The van der Waals surface area contributed by atoms with E-state index in [9.17, 15) is 5.11 Å². The molecule has 0 bridgehead atoms. The first-order valence-electron chi connectivity index (χ1n) is 7.58. The lowest BCUT2D eigenvalue weighted by atomic mass is 10.1. The molecule has 4 nitrogen and oxygen atoms in total. The van der Waals surface area contributed by atoms with Gasteiger partial charge in [-0.3, -0.25) is 0 Å². The summed E-state index contributed by atoms with van der Waals surface area (Å²) in [6.45, 7) is 7.42. The van der Waals surface area contributed by atoms with Crippen molar-refractivity contribution in [3.8, 4) is 0 Å². The summed E-state index contributed by atoms with van der Waals surface area (Å²) in [5.74, 6) is 0.631. The monoisotopic (exact) mass is 273 g/mol. The summed E-state index contributed by atoms with van der Waals surface area (Å²) in [4.78, 5) is 0. The van der Waals surface area contributed by atoms with Crippen molar-refractivity contribution in [2.75, 3.05) is 20.3 Å². The molecule has 0 amide bonds. The first-order valence-corrected chi connectivity index (χ1v) is 7.58. The molecule has 1 fully saturated rings. The highest BCUT2D eigenvalue weighted by molar-refractivity contribution is 4.84. The molecule has 0 aromatic carbocycles. The highest BCUT2D eigenvalue weighted by Gasteiger charge is 2.26. The first kappa shape index (κ1) is 16.9. The van der Waals surface area contributed by atoms with Crippen LogP contribution in [-0.4, -0.2) is 49.7 Å². The van der Waals surface area contributed by atoms with Crippen molar-refractivity contribution >= 4 is 0 Å². The highest BCUT2D eigenvalue weighted by Crippen LogP contribution is 2.21. The van der Waals surface area contributed by atoms with Crippen molar-refractivity contribution in [3.05, 3.63) is 0 Å². The van der Waals surface area contributed by atoms with E-state index in [4.69, 9.17) is 9.47 Å². The van der Waals surface area contributed by atoms with Gasteiger partial charge in [-0.05, 0) is 38.5 Å². The van der Waals surface area contributed by atoms with Crippen LogP contribution in [0, 0.1) is 5.92 Å². The Hall–Kier alpha value is -0.160. The molecule has 0 spiro atoms. The van der Waals surface area contributed by atoms with Crippen molar-refractivity contribution in [1.29, 1.82) is 0 Å². The van der Waals surface area contributed by atoms with E-state index >= 15 is 0 Å². The molecule has 2 N–H and O–H groups in total. The van der Waals surface area contributed by atoms with E-state index in [0.29, 0.717) is 31.2 Å². The maximum atomic E-state index is 9.92. The van der Waals surface area contributed by atoms with Gasteiger partial charge in [0.15, 0.2) is 0 Å². The van der Waals surface area contributed by atoms with Crippen LogP contribution >= 0.6 is 0 Å². The number of methoxy groups -OCH3 is 1. The van der Waals surface area contributed by atoms with Crippen molar-refractivity contribution in [2.45, 2.75) is 70.8 Å². The van der Waals surface area contributed by atoms with Crippen LogP contribution in [0.2, 0.25) is 0 Å². The molecular weight excluding hydrogens is 242 g/mol. The molecule has 114 valence electrons. The fourth-order valence-corrected chi connectivity index (χ4v) is 2.80. The van der Waals surface area contributed by atoms with E-state index in [1.165, 1.54) is 6.42 Å². The van der Waals surface area contributed by atoms with Gasteiger partial charge in [0.2, 0.25) is 0 Å². The molecule has 0 radical (unpaired) electrons. The number of ether oxygens (including phenoxy) is 2. The molecule has 0 saturated heterocycles. The summed E-state index contributed by atoms with van der Waals surface area (Å²) >= 11 is 0. The zero-order valence-electron chi connectivity index (χ0n) is 12.9. The van der Waals surface area contributed by atoms with Crippen LogP contribution < -0.4 is 5.32 Å². The fraction of sp³-hybridized carbons (Fsp3) is 1.00. The average molecular weight is 273 g/mol. The number of hydrogen-bond acceptors (Lipinski definition) is 4. The van der Waals surface area contributed by atoms with Gasteiger partial charge in [-0.25, -0.2) is 0 Å². The second-order valence-corrected chi connectivity index (χ2v) is 6.15. The van der Waals surface area contributed by atoms with Crippen LogP contribution in [0.1, 0.15) is 46.5 Å². The van der Waals surface area contributed by atoms with Gasteiger partial charge in [0, 0.05) is 19.7 Å². The van der Waals surface area contributed by atoms with Crippen LogP contribution in [0.3, 0.4) is 0 Å². The van der Waals surface area contributed by atoms with E-state index < -0.39 is 6.10 Å². The molecule has 0 aromatic rings. The molecule has 1 aliphatic carbocycles. The molecule has 0 aliphatic heterocycles. The van der Waals surface area contributed by atoms with Crippen molar-refractivity contribution in [3.63, 3.8) is 0 Å². The summed E-state index contributed by atoms with van der Waals surface area (Å²) < 4.78 is 11.1. The largest absolute Gasteiger partial charge is 0.389 e. The molecule has 1 aliphatic rings. The standard InChI is InChI=1S/C15H31NO3/c1-11(2)8-12(3)19-10-13(17)9-16-14-6-5-7-15(14)18-4/h11-17H,5-10H2,1-4H3. The Kier molecular flexibility index (Phi) is 7.91. The Morgan fingerprint density at radius 2 is 2.00 bits per heavy atom. The predicted octanol–water partition coefficient (Wildman–Crippen LogP) is 1.96. The molecule has 4 atom stereocenters. The van der Waals surface area contributed by atoms with Gasteiger partial charge in [0.25, 0.3) is 0 Å². The topological polar surface area (TPSA) is 50.7 Å². The van der Waals surface area contributed by atoms with Crippen LogP contribution in [0.15, 0.2) is 0 Å². The summed E-state index contributed by atoms with van der Waals surface area (Å²) in [6.07, 6.45) is 4.57. The number of nitrogens with one attached hydrogen (secondary N) is 1.